The van der Waals surface area contributed by atoms with Gasteiger partial charge in [-0.3, -0.25) is 0 Å². The van der Waals surface area contributed by atoms with Crippen LogP contribution in [0.5, 0.6) is 5.75 Å². The van der Waals surface area contributed by atoms with Gasteiger partial charge in [-0.2, -0.15) is 0 Å². The molecule has 0 aliphatic rings. The Morgan fingerprint density at radius 1 is 0.947 bits per heavy atom. The van der Waals surface area contributed by atoms with Gasteiger partial charge in [0.05, 0.1) is 6.54 Å². The average Bonchev–Trinajstić information content (AvgIpc) is 2.43. The van der Waals surface area contributed by atoms with E-state index in [1.54, 1.807) is 0 Å². The second-order valence-corrected chi connectivity index (χ2v) is 4.85. The molecule has 0 bridgehead atoms. The molecule has 2 heteroatoms. The summed E-state index contributed by atoms with van der Waals surface area (Å²) in [6.45, 7) is 5.84. The minimum absolute atomic E-state index is 0.688. The lowest BCUT2D eigenvalue weighted by molar-refractivity contribution is 0.326. The Labute approximate surface area is 115 Å². The third-order valence-electron chi connectivity index (χ3n) is 3.37. The molecule has 0 N–H and O–H groups in total. The summed E-state index contributed by atoms with van der Waals surface area (Å²) >= 11 is 0. The third-order valence-corrected chi connectivity index (χ3v) is 3.37. The summed E-state index contributed by atoms with van der Waals surface area (Å²) in [5, 5.41) is 0. The molecule has 2 nitrogen and oxygen atoms in total. The van der Waals surface area contributed by atoms with E-state index in [9.17, 15) is 0 Å². The third kappa shape index (κ3) is 3.75. The molecule has 0 spiro atoms. The molecule has 19 heavy (non-hydrogen) atoms. The molecule has 2 rings (SSSR count). The summed E-state index contributed by atoms with van der Waals surface area (Å²) in [6, 6.07) is 16.5. The van der Waals surface area contributed by atoms with Crippen LogP contribution in [-0.4, -0.2) is 20.2 Å². The highest BCUT2D eigenvalue weighted by molar-refractivity contribution is 5.49. The smallest absolute Gasteiger partial charge is 0.119 e. The molecule has 0 amide bonds. The number of benzene rings is 2. The summed E-state index contributed by atoms with van der Waals surface area (Å²) in [7, 11) is 2.10. The van der Waals surface area contributed by atoms with E-state index in [-0.39, 0.29) is 0 Å². The number of hydrogen-bond acceptors (Lipinski definition) is 2. The van der Waals surface area contributed by atoms with Crippen LogP contribution in [0.2, 0.25) is 0 Å². The predicted molar refractivity (Wildman–Crippen MR) is 81.1 cm³/mol. The molecule has 0 atom stereocenters. The van der Waals surface area contributed by atoms with Crippen LogP contribution in [0.4, 0.5) is 5.69 Å². The van der Waals surface area contributed by atoms with Crippen LogP contribution >= 0.6 is 0 Å². The van der Waals surface area contributed by atoms with E-state index >= 15 is 0 Å². The van der Waals surface area contributed by atoms with E-state index in [4.69, 9.17) is 4.74 Å². The first-order chi connectivity index (χ1) is 9.16. The number of anilines is 1. The van der Waals surface area contributed by atoms with Gasteiger partial charge in [-0.05, 0) is 49.2 Å². The van der Waals surface area contributed by atoms with Crippen molar-refractivity contribution in [3.63, 3.8) is 0 Å². The van der Waals surface area contributed by atoms with Crippen molar-refractivity contribution in [3.8, 4) is 5.75 Å². The maximum Gasteiger partial charge on any atom is 0.119 e. The number of nitrogens with zero attached hydrogens (tertiary/aromatic N) is 1. The molecule has 0 radical (unpaired) electrons. The summed E-state index contributed by atoms with van der Waals surface area (Å²) < 4.78 is 5.71. The second kappa shape index (κ2) is 6.28. The first-order valence-electron chi connectivity index (χ1n) is 6.63. The van der Waals surface area contributed by atoms with Crippen LogP contribution in [0.1, 0.15) is 11.1 Å². The standard InChI is InChI=1S/C17H21NO/c1-14-9-10-16(13-15(14)2)18(3)11-12-19-17-7-5-4-6-8-17/h4-10,13H,11-12H2,1-3H3. The van der Waals surface area contributed by atoms with Crippen LogP contribution in [0, 0.1) is 13.8 Å². The largest absolute Gasteiger partial charge is 0.492 e. The van der Waals surface area contributed by atoms with Crippen molar-refractivity contribution in [1.82, 2.24) is 0 Å². The molecule has 0 unspecified atom stereocenters. The molecule has 100 valence electrons. The van der Waals surface area contributed by atoms with Crippen molar-refractivity contribution >= 4 is 5.69 Å². The molecule has 0 heterocycles. The maximum atomic E-state index is 5.71. The van der Waals surface area contributed by atoms with E-state index in [1.165, 1.54) is 16.8 Å². The summed E-state index contributed by atoms with van der Waals surface area (Å²) in [5.41, 5.74) is 3.89. The molecule has 2 aromatic rings. The van der Waals surface area contributed by atoms with Gasteiger partial charge in [0.2, 0.25) is 0 Å². The highest BCUT2D eigenvalue weighted by Crippen LogP contribution is 2.17. The lowest BCUT2D eigenvalue weighted by Gasteiger charge is -2.20. The van der Waals surface area contributed by atoms with Crippen molar-refractivity contribution in [2.45, 2.75) is 13.8 Å². The Morgan fingerprint density at radius 3 is 2.37 bits per heavy atom. The Balaban J connectivity index is 1.87. The SMILES string of the molecule is Cc1ccc(N(C)CCOc2ccccc2)cc1C. The van der Waals surface area contributed by atoms with Gasteiger partial charge in [0.1, 0.15) is 12.4 Å². The van der Waals surface area contributed by atoms with E-state index < -0.39 is 0 Å². The quantitative estimate of drug-likeness (QED) is 0.805. The average molecular weight is 255 g/mol. The van der Waals surface area contributed by atoms with Crippen molar-refractivity contribution in [3.05, 3.63) is 59.7 Å². The van der Waals surface area contributed by atoms with E-state index in [0.29, 0.717) is 6.61 Å². The fraction of sp³-hybridized carbons (Fsp3) is 0.294. The van der Waals surface area contributed by atoms with Gasteiger partial charge in [0.15, 0.2) is 0 Å². The normalized spacial score (nSPS) is 10.3. The Kier molecular flexibility index (Phi) is 4.45. The van der Waals surface area contributed by atoms with Crippen molar-refractivity contribution in [1.29, 1.82) is 0 Å². The number of likely N-dealkylation sites (N-methyl/N-ethyl adjacent to an activating group) is 1. The van der Waals surface area contributed by atoms with Gasteiger partial charge in [-0.25, -0.2) is 0 Å². The van der Waals surface area contributed by atoms with Crippen LogP contribution in [0.25, 0.3) is 0 Å². The van der Waals surface area contributed by atoms with Crippen LogP contribution < -0.4 is 9.64 Å². The van der Waals surface area contributed by atoms with Gasteiger partial charge in [-0.1, -0.05) is 24.3 Å². The highest BCUT2D eigenvalue weighted by Gasteiger charge is 2.02. The Hall–Kier alpha value is -1.96. The fourth-order valence-electron chi connectivity index (χ4n) is 1.91. The highest BCUT2D eigenvalue weighted by atomic mass is 16.5. The molecule has 0 saturated carbocycles. The minimum Gasteiger partial charge on any atom is -0.492 e. The molecule has 0 fully saturated rings. The summed E-state index contributed by atoms with van der Waals surface area (Å²) in [4.78, 5) is 2.22. The van der Waals surface area contributed by atoms with E-state index in [0.717, 1.165) is 12.3 Å². The number of rotatable bonds is 5. The Morgan fingerprint density at radius 2 is 1.68 bits per heavy atom. The van der Waals surface area contributed by atoms with Crippen LogP contribution in [0.15, 0.2) is 48.5 Å². The van der Waals surface area contributed by atoms with Gasteiger partial charge in [-0.15, -0.1) is 0 Å². The first-order valence-corrected chi connectivity index (χ1v) is 6.63. The topological polar surface area (TPSA) is 12.5 Å². The fourth-order valence-corrected chi connectivity index (χ4v) is 1.91. The van der Waals surface area contributed by atoms with Crippen LogP contribution in [0.3, 0.4) is 0 Å². The minimum atomic E-state index is 0.688. The number of para-hydroxylation sites is 1. The molecule has 0 aliphatic heterocycles. The monoisotopic (exact) mass is 255 g/mol. The van der Waals surface area contributed by atoms with Gasteiger partial charge < -0.3 is 9.64 Å². The molecule has 0 saturated heterocycles. The predicted octanol–water partition coefficient (Wildman–Crippen LogP) is 3.82. The molecule has 0 aliphatic carbocycles. The molecule has 0 aromatic heterocycles. The lowest BCUT2D eigenvalue weighted by atomic mass is 10.1. The lowest BCUT2D eigenvalue weighted by Crippen LogP contribution is -2.23. The number of ether oxygens (including phenoxy) is 1. The summed E-state index contributed by atoms with van der Waals surface area (Å²) in [5.74, 6) is 0.927. The zero-order valence-electron chi connectivity index (χ0n) is 11.9. The Bertz CT molecular complexity index is 522. The van der Waals surface area contributed by atoms with E-state index in [1.807, 2.05) is 30.3 Å². The van der Waals surface area contributed by atoms with Crippen LogP contribution in [-0.2, 0) is 0 Å². The van der Waals surface area contributed by atoms with Gasteiger partial charge >= 0.3 is 0 Å². The van der Waals surface area contributed by atoms with Gasteiger partial charge in [0.25, 0.3) is 0 Å². The maximum absolute atomic E-state index is 5.71. The van der Waals surface area contributed by atoms with Crippen molar-refractivity contribution < 1.29 is 4.74 Å². The molecule has 2 aromatic carbocycles. The van der Waals surface area contributed by atoms with E-state index in [2.05, 4.69) is 44.0 Å². The number of hydrogen-bond donors (Lipinski definition) is 0. The molecular formula is C17H21NO. The summed E-state index contributed by atoms with van der Waals surface area (Å²) in [6.07, 6.45) is 0. The number of aryl methyl sites for hydroxylation is 2. The first kappa shape index (κ1) is 13.5. The van der Waals surface area contributed by atoms with Crippen molar-refractivity contribution in [2.24, 2.45) is 0 Å². The zero-order chi connectivity index (χ0) is 13.7. The second-order valence-electron chi connectivity index (χ2n) is 4.85. The zero-order valence-corrected chi connectivity index (χ0v) is 11.9. The van der Waals surface area contributed by atoms with Crippen molar-refractivity contribution in [2.75, 3.05) is 25.1 Å². The van der Waals surface area contributed by atoms with Gasteiger partial charge in [0, 0.05) is 12.7 Å². The molecular weight excluding hydrogens is 234 g/mol.